The summed E-state index contributed by atoms with van der Waals surface area (Å²) >= 11 is 0. The molecule has 0 fully saturated rings. The van der Waals surface area contributed by atoms with Gasteiger partial charge in [0.25, 0.3) is 0 Å². The van der Waals surface area contributed by atoms with Gasteiger partial charge in [-0.05, 0) is 139 Å². The van der Waals surface area contributed by atoms with E-state index in [-0.39, 0.29) is 16.9 Å². The molecule has 2 heteroatoms. The molecule has 0 aliphatic heterocycles. The Bertz CT molecular complexity index is 3200. The summed E-state index contributed by atoms with van der Waals surface area (Å²) in [4.78, 5) is 2.54. The predicted octanol–water partition coefficient (Wildman–Crippen LogP) is 16.1. The smallest absolute Gasteiger partial charge is 0.136 e. The zero-order valence-electron chi connectivity index (χ0n) is 35.6. The van der Waals surface area contributed by atoms with Gasteiger partial charge >= 0.3 is 0 Å². The first kappa shape index (κ1) is 36.7. The third kappa shape index (κ3) is 5.63. The first-order valence-electron chi connectivity index (χ1n) is 22.0. The van der Waals surface area contributed by atoms with Gasteiger partial charge in [0.2, 0.25) is 0 Å². The fourth-order valence-corrected chi connectivity index (χ4v) is 10.9. The molecule has 0 N–H and O–H groups in total. The minimum absolute atomic E-state index is 0.0238. The number of rotatable bonds is 6. The molecular weight excluding hydrogens is 751 g/mol. The summed E-state index contributed by atoms with van der Waals surface area (Å²) in [7, 11) is 0. The maximum absolute atomic E-state index is 6.30. The maximum atomic E-state index is 6.30. The zero-order chi connectivity index (χ0) is 41.7. The average Bonchev–Trinajstić information content (AvgIpc) is 3.88. The van der Waals surface area contributed by atoms with Crippen LogP contribution in [0.4, 0.5) is 11.4 Å². The van der Waals surface area contributed by atoms with Crippen molar-refractivity contribution < 1.29 is 4.42 Å². The normalized spacial score (nSPS) is 16.5. The van der Waals surface area contributed by atoms with Crippen molar-refractivity contribution in [1.82, 2.24) is 0 Å². The van der Waals surface area contributed by atoms with Crippen LogP contribution in [-0.2, 0) is 10.8 Å². The summed E-state index contributed by atoms with van der Waals surface area (Å²) in [6.45, 7) is 9.39. The van der Waals surface area contributed by atoms with Gasteiger partial charge in [-0.15, -0.1) is 0 Å². The molecule has 0 spiro atoms. The van der Waals surface area contributed by atoms with Crippen molar-refractivity contribution in [3.05, 3.63) is 222 Å². The minimum Gasteiger partial charge on any atom is -0.456 e. The van der Waals surface area contributed by atoms with E-state index >= 15 is 0 Å². The molecule has 0 bridgehead atoms. The predicted molar refractivity (Wildman–Crippen MR) is 260 cm³/mol. The van der Waals surface area contributed by atoms with Gasteiger partial charge in [0.05, 0.1) is 6.04 Å². The molecule has 3 aliphatic rings. The van der Waals surface area contributed by atoms with E-state index in [0.29, 0.717) is 0 Å². The lowest BCUT2D eigenvalue weighted by Crippen LogP contribution is -2.30. The molecule has 3 aliphatic carbocycles. The summed E-state index contributed by atoms with van der Waals surface area (Å²) in [6, 6.07) is 65.3. The van der Waals surface area contributed by atoms with Crippen LogP contribution in [-0.4, -0.2) is 6.04 Å². The summed E-state index contributed by atoms with van der Waals surface area (Å²) < 4.78 is 6.30. The Kier molecular flexibility index (Phi) is 8.09. The van der Waals surface area contributed by atoms with Crippen LogP contribution in [0.3, 0.4) is 0 Å². The van der Waals surface area contributed by atoms with Crippen LogP contribution in [0.2, 0.25) is 0 Å². The average molecular weight is 798 g/mol. The Morgan fingerprint density at radius 2 is 0.952 bits per heavy atom. The Morgan fingerprint density at radius 3 is 1.55 bits per heavy atom. The first-order chi connectivity index (χ1) is 30.2. The van der Waals surface area contributed by atoms with Crippen molar-refractivity contribution in [3.8, 4) is 44.5 Å². The Morgan fingerprint density at radius 1 is 0.435 bits per heavy atom. The van der Waals surface area contributed by atoms with E-state index in [2.05, 4.69) is 215 Å². The molecule has 62 heavy (non-hydrogen) atoms. The van der Waals surface area contributed by atoms with Gasteiger partial charge in [-0.2, -0.15) is 0 Å². The topological polar surface area (TPSA) is 16.4 Å². The molecule has 1 unspecified atom stereocenters. The van der Waals surface area contributed by atoms with Crippen LogP contribution in [0, 0.1) is 0 Å². The molecule has 0 radical (unpaired) electrons. The lowest BCUT2D eigenvalue weighted by molar-refractivity contribution is 0.660. The van der Waals surface area contributed by atoms with E-state index in [1.165, 1.54) is 89.3 Å². The van der Waals surface area contributed by atoms with E-state index in [9.17, 15) is 0 Å². The van der Waals surface area contributed by atoms with E-state index in [4.69, 9.17) is 4.42 Å². The maximum Gasteiger partial charge on any atom is 0.136 e. The molecule has 1 aromatic heterocycles. The summed E-state index contributed by atoms with van der Waals surface area (Å²) in [5.74, 6) is 0. The van der Waals surface area contributed by atoms with Gasteiger partial charge in [0, 0.05) is 33.0 Å². The van der Waals surface area contributed by atoms with Crippen molar-refractivity contribution >= 4 is 38.9 Å². The highest BCUT2D eigenvalue weighted by Gasteiger charge is 2.36. The molecule has 0 saturated carbocycles. The highest BCUT2D eigenvalue weighted by atomic mass is 16.3. The number of benzene rings is 8. The largest absolute Gasteiger partial charge is 0.456 e. The van der Waals surface area contributed by atoms with Crippen LogP contribution in [0.1, 0.15) is 61.9 Å². The van der Waals surface area contributed by atoms with Crippen molar-refractivity contribution in [1.29, 1.82) is 0 Å². The quantitative estimate of drug-likeness (QED) is 0.167. The molecule has 1 atom stereocenters. The summed E-state index contributed by atoms with van der Waals surface area (Å²) in [5.41, 5.74) is 22.4. The lowest BCUT2D eigenvalue weighted by atomic mass is 9.82. The van der Waals surface area contributed by atoms with E-state index in [0.717, 1.165) is 28.4 Å². The zero-order valence-corrected chi connectivity index (χ0v) is 35.6. The van der Waals surface area contributed by atoms with Crippen molar-refractivity contribution in [3.63, 3.8) is 0 Å². The van der Waals surface area contributed by atoms with Gasteiger partial charge in [-0.1, -0.05) is 167 Å². The van der Waals surface area contributed by atoms with E-state index in [1.54, 1.807) is 0 Å². The van der Waals surface area contributed by atoms with Crippen molar-refractivity contribution in [2.45, 2.75) is 51.0 Å². The molecule has 0 saturated heterocycles. The molecule has 9 aromatic rings. The van der Waals surface area contributed by atoms with Gasteiger partial charge < -0.3 is 9.32 Å². The molecule has 8 aromatic carbocycles. The lowest BCUT2D eigenvalue weighted by Gasteiger charge is -2.34. The van der Waals surface area contributed by atoms with Crippen LogP contribution >= 0.6 is 0 Å². The molecule has 298 valence electrons. The summed E-state index contributed by atoms with van der Waals surface area (Å²) in [5, 5.41) is 2.31. The number of hydrogen-bond donors (Lipinski definition) is 0. The number of anilines is 2. The second-order valence-electron chi connectivity index (χ2n) is 18.5. The number of nitrogens with zero attached hydrogens (tertiary/aromatic N) is 1. The first-order valence-corrected chi connectivity index (χ1v) is 22.0. The SMILES string of the molecule is CC1(C)c2ccccc2-c2cc(-c3cccc(N(c4cccc(-c5ccc6c(c5)-c5ccccc5C6(C)C)c4)C4C=CC(c5ccc6c(c5)oc5ccccc56)=CC4)c3)ccc21. The highest BCUT2D eigenvalue weighted by molar-refractivity contribution is 6.05. The molecule has 2 nitrogen and oxygen atoms in total. The fraction of sp³-hybridized carbons (Fsp3) is 0.133. The number of furan rings is 1. The van der Waals surface area contributed by atoms with Gasteiger partial charge in [0.15, 0.2) is 0 Å². The third-order valence-corrected chi connectivity index (χ3v) is 14.2. The highest BCUT2D eigenvalue weighted by Crippen LogP contribution is 2.51. The van der Waals surface area contributed by atoms with Crippen LogP contribution in [0.15, 0.2) is 199 Å². The molecule has 0 amide bonds. The van der Waals surface area contributed by atoms with E-state index < -0.39 is 0 Å². The standard InChI is InChI=1S/C60H47NO/c1-59(2)53-20-8-5-17-47(53)51-35-41(26-31-55(51)59)39-13-11-15-45(33-39)61(44-28-23-38(24-29-44)43-25-30-50-49-19-7-10-22-57(49)62-58(50)37-43)46-16-12-14-40(34-46)42-27-32-56-52(36-42)48-18-6-9-21-54(48)60(56,3)4/h5-28,30-37,44H,29H2,1-4H3. The molecule has 1 heterocycles. The summed E-state index contributed by atoms with van der Waals surface area (Å²) in [6.07, 6.45) is 7.95. The number of hydrogen-bond acceptors (Lipinski definition) is 2. The molecular formula is C60H47NO. The Balaban J connectivity index is 0.938. The van der Waals surface area contributed by atoms with Crippen molar-refractivity contribution in [2.75, 3.05) is 4.90 Å². The number of allylic oxidation sites excluding steroid dienone is 2. The van der Waals surface area contributed by atoms with Crippen LogP contribution in [0.5, 0.6) is 0 Å². The number of para-hydroxylation sites is 1. The van der Waals surface area contributed by atoms with Gasteiger partial charge in [-0.3, -0.25) is 0 Å². The van der Waals surface area contributed by atoms with Gasteiger partial charge in [-0.25, -0.2) is 0 Å². The van der Waals surface area contributed by atoms with Crippen LogP contribution in [0.25, 0.3) is 72.0 Å². The fourth-order valence-electron chi connectivity index (χ4n) is 10.9. The minimum atomic E-state index is -0.0238. The van der Waals surface area contributed by atoms with E-state index in [1.807, 2.05) is 12.1 Å². The van der Waals surface area contributed by atoms with Crippen LogP contribution < -0.4 is 4.90 Å². The molecule has 12 rings (SSSR count). The van der Waals surface area contributed by atoms with Crippen molar-refractivity contribution in [2.24, 2.45) is 0 Å². The second kappa shape index (κ2) is 13.7. The number of fused-ring (bicyclic) bond motifs is 9. The Hall–Kier alpha value is -7.16. The Labute approximate surface area is 364 Å². The third-order valence-electron chi connectivity index (χ3n) is 14.2. The second-order valence-corrected chi connectivity index (χ2v) is 18.5. The monoisotopic (exact) mass is 797 g/mol. The van der Waals surface area contributed by atoms with Gasteiger partial charge in [0.1, 0.15) is 11.2 Å².